The Morgan fingerprint density at radius 3 is 2.57 bits per heavy atom. The Morgan fingerprint density at radius 2 is 1.87 bits per heavy atom. The lowest BCUT2D eigenvalue weighted by Crippen LogP contribution is -2.37. The standard InChI is InChI=1S/C16H22F2N2O3/c1-2-3-8-23-9-4-7-19-15(21)11-20-16(22)13-6-5-12(17)10-14(13)18/h5-6,10H,2-4,7-9,11H2,1H3,(H,19,21)(H,20,22). The number of carbonyl (C=O) groups is 2. The Balaban J connectivity index is 2.19. The topological polar surface area (TPSA) is 67.4 Å². The third kappa shape index (κ3) is 7.69. The summed E-state index contributed by atoms with van der Waals surface area (Å²) in [5.41, 5.74) is -0.302. The van der Waals surface area contributed by atoms with Gasteiger partial charge in [0.05, 0.1) is 12.1 Å². The van der Waals surface area contributed by atoms with Crippen LogP contribution in [0.5, 0.6) is 0 Å². The fourth-order valence-electron chi connectivity index (χ4n) is 1.74. The number of carbonyl (C=O) groups excluding carboxylic acids is 2. The van der Waals surface area contributed by atoms with Gasteiger partial charge in [-0.3, -0.25) is 9.59 Å². The summed E-state index contributed by atoms with van der Waals surface area (Å²) >= 11 is 0. The molecule has 0 aliphatic carbocycles. The van der Waals surface area contributed by atoms with Crippen molar-refractivity contribution in [3.8, 4) is 0 Å². The van der Waals surface area contributed by atoms with Crippen molar-refractivity contribution in [3.63, 3.8) is 0 Å². The summed E-state index contributed by atoms with van der Waals surface area (Å²) in [6.07, 6.45) is 2.76. The predicted molar refractivity (Wildman–Crippen MR) is 82.0 cm³/mol. The highest BCUT2D eigenvalue weighted by Gasteiger charge is 2.13. The van der Waals surface area contributed by atoms with Crippen molar-refractivity contribution in [3.05, 3.63) is 35.4 Å². The third-order valence-corrected chi connectivity index (χ3v) is 3.02. The number of unbranched alkanes of at least 4 members (excludes halogenated alkanes) is 1. The first kappa shape index (κ1) is 19.0. The first-order valence-electron chi connectivity index (χ1n) is 7.62. The van der Waals surface area contributed by atoms with E-state index in [1.54, 1.807) is 0 Å². The van der Waals surface area contributed by atoms with Crippen LogP contribution in [0.2, 0.25) is 0 Å². The van der Waals surface area contributed by atoms with Crippen LogP contribution in [-0.4, -0.2) is 38.1 Å². The van der Waals surface area contributed by atoms with Gasteiger partial charge in [-0.15, -0.1) is 0 Å². The number of hydrogen-bond donors (Lipinski definition) is 2. The van der Waals surface area contributed by atoms with Crippen LogP contribution in [0.3, 0.4) is 0 Å². The quantitative estimate of drug-likeness (QED) is 0.646. The number of halogens is 2. The summed E-state index contributed by atoms with van der Waals surface area (Å²) in [5, 5.41) is 4.90. The highest BCUT2D eigenvalue weighted by atomic mass is 19.1. The molecule has 1 rings (SSSR count). The van der Waals surface area contributed by atoms with E-state index in [4.69, 9.17) is 4.74 Å². The Kier molecular flexibility index (Phi) is 8.82. The van der Waals surface area contributed by atoms with E-state index in [1.807, 2.05) is 0 Å². The van der Waals surface area contributed by atoms with Crippen molar-refractivity contribution in [1.29, 1.82) is 0 Å². The summed E-state index contributed by atoms with van der Waals surface area (Å²) < 4.78 is 31.5. The second-order valence-electron chi connectivity index (χ2n) is 4.98. The normalized spacial score (nSPS) is 10.4. The molecule has 0 aliphatic heterocycles. The zero-order valence-electron chi connectivity index (χ0n) is 13.2. The molecule has 0 spiro atoms. The second kappa shape index (κ2) is 10.7. The molecule has 128 valence electrons. The molecule has 2 amide bonds. The van der Waals surface area contributed by atoms with Crippen LogP contribution in [0.25, 0.3) is 0 Å². The zero-order valence-corrected chi connectivity index (χ0v) is 13.2. The largest absolute Gasteiger partial charge is 0.381 e. The number of amides is 2. The third-order valence-electron chi connectivity index (χ3n) is 3.02. The number of benzene rings is 1. The van der Waals surface area contributed by atoms with Gasteiger partial charge in [-0.2, -0.15) is 0 Å². The van der Waals surface area contributed by atoms with E-state index in [9.17, 15) is 18.4 Å². The molecule has 2 N–H and O–H groups in total. The minimum absolute atomic E-state index is 0.271. The molecule has 0 saturated heterocycles. The van der Waals surface area contributed by atoms with Crippen LogP contribution in [0.4, 0.5) is 8.78 Å². The molecule has 0 saturated carbocycles. The van der Waals surface area contributed by atoms with Crippen molar-refractivity contribution in [2.75, 3.05) is 26.3 Å². The van der Waals surface area contributed by atoms with E-state index in [2.05, 4.69) is 17.6 Å². The van der Waals surface area contributed by atoms with E-state index < -0.39 is 17.5 Å². The highest BCUT2D eigenvalue weighted by molar-refractivity contribution is 5.96. The van der Waals surface area contributed by atoms with Crippen molar-refractivity contribution >= 4 is 11.8 Å². The van der Waals surface area contributed by atoms with Gasteiger partial charge in [0.25, 0.3) is 5.91 Å². The number of nitrogens with one attached hydrogen (secondary N) is 2. The van der Waals surface area contributed by atoms with Crippen LogP contribution in [0, 0.1) is 11.6 Å². The fourth-order valence-corrected chi connectivity index (χ4v) is 1.74. The molecule has 0 atom stereocenters. The van der Waals surface area contributed by atoms with Crippen LogP contribution >= 0.6 is 0 Å². The van der Waals surface area contributed by atoms with Crippen molar-refractivity contribution in [2.45, 2.75) is 26.2 Å². The summed E-state index contributed by atoms with van der Waals surface area (Å²) in [6, 6.07) is 2.63. The lowest BCUT2D eigenvalue weighted by atomic mass is 10.2. The van der Waals surface area contributed by atoms with Gasteiger partial charge in [0.2, 0.25) is 5.91 Å². The maximum Gasteiger partial charge on any atom is 0.254 e. The van der Waals surface area contributed by atoms with Crippen LogP contribution in [0.15, 0.2) is 18.2 Å². The van der Waals surface area contributed by atoms with Gasteiger partial charge in [0.1, 0.15) is 11.6 Å². The molecular formula is C16H22F2N2O3. The predicted octanol–water partition coefficient (Wildman–Crippen LogP) is 2.02. The van der Waals surface area contributed by atoms with Gasteiger partial charge in [-0.25, -0.2) is 8.78 Å². The smallest absolute Gasteiger partial charge is 0.254 e. The zero-order chi connectivity index (χ0) is 17.1. The van der Waals surface area contributed by atoms with Gasteiger partial charge in [0, 0.05) is 25.8 Å². The van der Waals surface area contributed by atoms with E-state index in [0.29, 0.717) is 32.2 Å². The van der Waals surface area contributed by atoms with Gasteiger partial charge >= 0.3 is 0 Å². The molecule has 1 aromatic rings. The van der Waals surface area contributed by atoms with Crippen molar-refractivity contribution in [1.82, 2.24) is 10.6 Å². The van der Waals surface area contributed by atoms with Crippen molar-refractivity contribution < 1.29 is 23.1 Å². The van der Waals surface area contributed by atoms with Gasteiger partial charge in [0.15, 0.2) is 0 Å². The molecule has 0 fully saturated rings. The minimum Gasteiger partial charge on any atom is -0.381 e. The molecule has 5 nitrogen and oxygen atoms in total. The monoisotopic (exact) mass is 328 g/mol. The lowest BCUT2D eigenvalue weighted by molar-refractivity contribution is -0.120. The molecular weight excluding hydrogens is 306 g/mol. The Hall–Kier alpha value is -2.02. The first-order valence-corrected chi connectivity index (χ1v) is 7.62. The van der Waals surface area contributed by atoms with E-state index >= 15 is 0 Å². The molecule has 0 aliphatic rings. The van der Waals surface area contributed by atoms with Crippen LogP contribution in [-0.2, 0) is 9.53 Å². The molecule has 0 heterocycles. The van der Waals surface area contributed by atoms with Gasteiger partial charge < -0.3 is 15.4 Å². The summed E-state index contributed by atoms with van der Waals surface area (Å²) in [5.74, 6) is -2.87. The van der Waals surface area contributed by atoms with Crippen LogP contribution < -0.4 is 10.6 Å². The molecule has 0 unspecified atom stereocenters. The van der Waals surface area contributed by atoms with E-state index in [0.717, 1.165) is 25.0 Å². The Morgan fingerprint density at radius 1 is 1.13 bits per heavy atom. The second-order valence-corrected chi connectivity index (χ2v) is 4.98. The molecule has 7 heteroatoms. The Labute approximate surface area is 134 Å². The van der Waals surface area contributed by atoms with E-state index in [1.165, 1.54) is 0 Å². The number of hydrogen-bond acceptors (Lipinski definition) is 3. The highest BCUT2D eigenvalue weighted by Crippen LogP contribution is 2.08. The maximum atomic E-state index is 13.4. The average molecular weight is 328 g/mol. The van der Waals surface area contributed by atoms with Crippen molar-refractivity contribution in [2.24, 2.45) is 0 Å². The van der Waals surface area contributed by atoms with Gasteiger partial charge in [-0.1, -0.05) is 13.3 Å². The minimum atomic E-state index is -0.966. The molecule has 23 heavy (non-hydrogen) atoms. The Bertz CT molecular complexity index is 524. The SMILES string of the molecule is CCCCOCCCNC(=O)CNC(=O)c1ccc(F)cc1F. The summed E-state index contributed by atoms with van der Waals surface area (Å²) in [6.45, 7) is 3.52. The molecule has 1 aromatic carbocycles. The summed E-state index contributed by atoms with van der Waals surface area (Å²) in [4.78, 5) is 23.2. The van der Waals surface area contributed by atoms with Crippen LogP contribution in [0.1, 0.15) is 36.5 Å². The first-order chi connectivity index (χ1) is 11.0. The lowest BCUT2D eigenvalue weighted by Gasteiger charge is -2.08. The molecule has 0 bridgehead atoms. The van der Waals surface area contributed by atoms with Gasteiger partial charge in [-0.05, 0) is 25.0 Å². The summed E-state index contributed by atoms with van der Waals surface area (Å²) in [7, 11) is 0. The van der Waals surface area contributed by atoms with E-state index in [-0.39, 0.29) is 18.0 Å². The average Bonchev–Trinajstić information content (AvgIpc) is 2.51. The maximum absolute atomic E-state index is 13.4. The molecule has 0 radical (unpaired) electrons. The molecule has 0 aromatic heterocycles. The number of ether oxygens (including phenoxy) is 1. The number of rotatable bonds is 10. The fraction of sp³-hybridized carbons (Fsp3) is 0.500.